The number of aliphatic hydroxyl groups is 1. The molecule has 3 aliphatic heterocycles. The molecule has 7 rings (SSSR count). The number of phenolic OH excluding ortho intramolecular Hbond substituents is 3. The van der Waals surface area contributed by atoms with Crippen LogP contribution in [-0.4, -0.2) is 131 Å². The van der Waals surface area contributed by atoms with Gasteiger partial charge < -0.3 is 58.5 Å². The molecule has 2 aromatic carbocycles. The molecule has 5 aliphatic rings. The highest BCUT2D eigenvalue weighted by molar-refractivity contribution is 6.31. The molecule has 0 aromatic heterocycles. The van der Waals surface area contributed by atoms with Gasteiger partial charge in [0.25, 0.3) is 0 Å². The fourth-order valence-corrected chi connectivity index (χ4v) is 9.00. The molecule has 2 saturated heterocycles. The topological polar surface area (TPSA) is 217 Å². The molecular weight excluding hydrogens is 758 g/mol. The van der Waals surface area contributed by atoms with E-state index in [-0.39, 0.29) is 60.0 Å². The van der Waals surface area contributed by atoms with E-state index in [1.807, 2.05) is 32.8 Å². The van der Waals surface area contributed by atoms with Gasteiger partial charge in [0.1, 0.15) is 35.4 Å². The summed E-state index contributed by atoms with van der Waals surface area (Å²) in [5, 5.41) is 45.3. The molecule has 0 saturated carbocycles. The summed E-state index contributed by atoms with van der Waals surface area (Å²) in [5.41, 5.74) is -3.45. The van der Waals surface area contributed by atoms with Crippen molar-refractivity contribution in [1.82, 2.24) is 4.90 Å². The van der Waals surface area contributed by atoms with Gasteiger partial charge in [0.15, 0.2) is 30.4 Å². The average Bonchev–Trinajstić information content (AvgIpc) is 3.17. The number of methoxy groups -OCH3 is 1. The number of benzene rings is 2. The molecule has 58 heavy (non-hydrogen) atoms. The summed E-state index contributed by atoms with van der Waals surface area (Å²) in [6.07, 6.45) is -1.32. The summed E-state index contributed by atoms with van der Waals surface area (Å²) in [6, 6.07) is 3.13. The molecule has 2 aromatic rings. The average molecular weight is 810 g/mol. The molecule has 16 nitrogen and oxygen atoms in total. The first kappa shape index (κ1) is 41.9. The Kier molecular flexibility index (Phi) is 11.6. The van der Waals surface area contributed by atoms with Crippen molar-refractivity contribution in [2.45, 2.75) is 133 Å². The monoisotopic (exact) mass is 809 g/mol. The highest BCUT2D eigenvalue weighted by atomic mass is 16.7. The number of esters is 1. The Bertz CT molecular complexity index is 2010. The van der Waals surface area contributed by atoms with E-state index in [0.717, 1.165) is 19.2 Å². The van der Waals surface area contributed by atoms with Crippen molar-refractivity contribution in [2.75, 3.05) is 21.2 Å². The Labute approximate surface area is 335 Å². The number of phenols is 3. The Morgan fingerprint density at radius 3 is 2.19 bits per heavy atom. The maximum absolute atomic E-state index is 14.0. The fourth-order valence-electron chi connectivity index (χ4n) is 9.00. The molecule has 0 unspecified atom stereocenters. The quantitative estimate of drug-likeness (QED) is 0.179. The van der Waals surface area contributed by atoms with Crippen LogP contribution in [0.5, 0.6) is 17.2 Å². The first-order valence-electron chi connectivity index (χ1n) is 19.6. The zero-order valence-corrected chi connectivity index (χ0v) is 33.5. The van der Waals surface area contributed by atoms with Crippen LogP contribution in [-0.2, 0) is 42.7 Å². The van der Waals surface area contributed by atoms with E-state index < -0.39 is 106 Å². The molecular formula is C42H51NO15. The number of fused-ring (bicyclic) bond motifs is 3. The zero-order chi connectivity index (χ0) is 42.0. The lowest BCUT2D eigenvalue weighted by atomic mass is 9.67. The van der Waals surface area contributed by atoms with Crippen LogP contribution in [0.25, 0.3) is 0 Å². The molecule has 2 aliphatic carbocycles. The van der Waals surface area contributed by atoms with Crippen molar-refractivity contribution in [2.24, 2.45) is 0 Å². The molecule has 0 bridgehead atoms. The lowest BCUT2D eigenvalue weighted by Gasteiger charge is -2.48. The second kappa shape index (κ2) is 16.1. The number of hydrogen-bond acceptors (Lipinski definition) is 16. The summed E-state index contributed by atoms with van der Waals surface area (Å²) < 4.78 is 42.8. The van der Waals surface area contributed by atoms with Crippen molar-refractivity contribution in [3.8, 4) is 17.2 Å². The lowest BCUT2D eigenvalue weighted by molar-refractivity contribution is -0.308. The molecule has 0 radical (unpaired) electrons. The molecule has 12 atom stereocenters. The van der Waals surface area contributed by atoms with E-state index in [1.54, 1.807) is 19.9 Å². The van der Waals surface area contributed by atoms with Crippen molar-refractivity contribution in [1.29, 1.82) is 0 Å². The minimum absolute atomic E-state index is 0.0101. The maximum atomic E-state index is 14.0. The summed E-state index contributed by atoms with van der Waals surface area (Å²) in [4.78, 5) is 55.0. The Morgan fingerprint density at radius 2 is 1.57 bits per heavy atom. The van der Waals surface area contributed by atoms with Crippen molar-refractivity contribution in [3.63, 3.8) is 0 Å². The van der Waals surface area contributed by atoms with Gasteiger partial charge in [-0.15, -0.1) is 0 Å². The first-order valence-corrected chi connectivity index (χ1v) is 19.6. The number of aromatic hydroxyl groups is 3. The number of ether oxygens (including phenoxy) is 7. The number of likely N-dealkylation sites (N-methyl/N-ethyl adjacent to an activating group) is 1. The van der Waals surface area contributed by atoms with Crippen LogP contribution in [0.15, 0.2) is 30.4 Å². The summed E-state index contributed by atoms with van der Waals surface area (Å²) in [7, 11) is 4.94. The second-order valence-electron chi connectivity index (χ2n) is 16.0. The van der Waals surface area contributed by atoms with E-state index in [0.29, 0.717) is 12.8 Å². The van der Waals surface area contributed by atoms with Crippen LogP contribution in [0, 0.1) is 0 Å². The summed E-state index contributed by atoms with van der Waals surface area (Å²) >= 11 is 0. The van der Waals surface area contributed by atoms with Gasteiger partial charge in [-0.05, 0) is 83.6 Å². The smallest absolute Gasteiger partial charge is 0.316 e. The molecule has 0 spiro atoms. The van der Waals surface area contributed by atoms with Gasteiger partial charge in [-0.3, -0.25) is 19.2 Å². The van der Waals surface area contributed by atoms with Crippen LogP contribution in [0.2, 0.25) is 0 Å². The summed E-state index contributed by atoms with van der Waals surface area (Å²) in [5.74, 6) is -5.90. The predicted molar refractivity (Wildman–Crippen MR) is 201 cm³/mol. The number of carbonyl (C=O) groups is 4. The van der Waals surface area contributed by atoms with Crippen LogP contribution >= 0.6 is 0 Å². The molecule has 16 heteroatoms. The van der Waals surface area contributed by atoms with Gasteiger partial charge in [-0.1, -0.05) is 6.92 Å². The van der Waals surface area contributed by atoms with Gasteiger partial charge in [0.2, 0.25) is 5.78 Å². The van der Waals surface area contributed by atoms with E-state index in [1.165, 1.54) is 12.1 Å². The highest BCUT2D eigenvalue weighted by Crippen LogP contribution is 2.54. The minimum Gasteiger partial charge on any atom is -0.507 e. The third-order valence-electron chi connectivity index (χ3n) is 12.2. The van der Waals surface area contributed by atoms with E-state index in [4.69, 9.17) is 33.2 Å². The minimum atomic E-state index is -1.79. The third kappa shape index (κ3) is 7.34. The Hall–Kier alpha value is -4.26. The number of ketones is 3. The fraction of sp³-hybridized carbons (Fsp3) is 0.571. The number of nitrogens with zero attached hydrogens (tertiary/aromatic N) is 1. The van der Waals surface area contributed by atoms with Crippen molar-refractivity contribution < 1.29 is 72.8 Å². The molecule has 4 N–H and O–H groups in total. The Morgan fingerprint density at radius 1 is 0.897 bits per heavy atom. The molecule has 3 heterocycles. The molecule has 314 valence electrons. The number of carbonyl (C=O) groups excluding carboxylic acids is 4. The SMILES string of the molecule is CC[C@@]1(O)C[C@H](O[C@@H]2C[C@H](N(C)C)[C@H](O[C@H]3CC[C@@H](O[C@@H]4C=CC(=O)[C@@H](C)O4)[C@H](C)O3)[C@@H](C)O2)c2c(cc3c(c2O)C(=O)c2c(O)ccc(O)c2C3=O)[C@H]1C(=O)OC. The number of rotatable bonds is 9. The third-order valence-corrected chi connectivity index (χ3v) is 12.2. The molecule has 0 amide bonds. The second-order valence-corrected chi connectivity index (χ2v) is 16.0. The number of hydrogen-bond donors (Lipinski definition) is 4. The molecule has 2 fully saturated rings. The zero-order valence-electron chi connectivity index (χ0n) is 33.5. The first-order chi connectivity index (χ1) is 27.5. The Balaban J connectivity index is 1.14. The highest BCUT2D eigenvalue weighted by Gasteiger charge is 2.53. The van der Waals surface area contributed by atoms with Crippen molar-refractivity contribution >= 4 is 23.3 Å². The predicted octanol–water partition coefficient (Wildman–Crippen LogP) is 3.67. The standard InChI is InChI=1S/C42H51NO15/c1-8-42(51)17-28(32-21(36(42)41(50)52-7)15-22-33(38(32)48)39(49)35-26(46)10-9-25(45)34(35)37(22)47)57-31-16-23(43(5)6)40(20(4)55-31)58-30-14-12-27(19(3)54-30)56-29-13-11-24(44)18(2)53-29/h9-11,13,15,18-20,23,27-31,36,40,45-46,48,51H,8,12,14,16-17H2,1-7H3/t18-,19+,20-,23+,27-,28+,29-,30+,31-,36+,40-,42-/m1/s1. The van der Waals surface area contributed by atoms with E-state index in [9.17, 15) is 39.6 Å². The lowest BCUT2D eigenvalue weighted by Crippen LogP contribution is -2.57. The van der Waals surface area contributed by atoms with Crippen LogP contribution in [0.3, 0.4) is 0 Å². The van der Waals surface area contributed by atoms with Gasteiger partial charge in [-0.2, -0.15) is 0 Å². The van der Waals surface area contributed by atoms with Crippen LogP contribution in [0.4, 0.5) is 0 Å². The van der Waals surface area contributed by atoms with Gasteiger partial charge in [-0.25, -0.2) is 0 Å². The summed E-state index contributed by atoms with van der Waals surface area (Å²) in [6.45, 7) is 7.09. The van der Waals surface area contributed by atoms with Crippen molar-refractivity contribution in [3.05, 3.63) is 63.7 Å². The van der Waals surface area contributed by atoms with Gasteiger partial charge in [0.05, 0.1) is 53.8 Å². The maximum Gasteiger partial charge on any atom is 0.316 e. The van der Waals surface area contributed by atoms with Gasteiger partial charge in [0, 0.05) is 36.4 Å². The van der Waals surface area contributed by atoms with Gasteiger partial charge >= 0.3 is 5.97 Å². The normalized spacial score (nSPS) is 34.7. The van der Waals surface area contributed by atoms with Crippen LogP contribution < -0.4 is 0 Å². The van der Waals surface area contributed by atoms with E-state index in [2.05, 4.69) is 0 Å². The van der Waals surface area contributed by atoms with E-state index >= 15 is 0 Å². The largest absolute Gasteiger partial charge is 0.507 e. The van der Waals surface area contributed by atoms with Crippen LogP contribution in [0.1, 0.15) is 115 Å².